The summed E-state index contributed by atoms with van der Waals surface area (Å²) in [4.78, 5) is 16.3. The monoisotopic (exact) mass is 426 g/mol. The van der Waals surface area contributed by atoms with Crippen molar-refractivity contribution in [3.63, 3.8) is 0 Å². The van der Waals surface area contributed by atoms with Crippen molar-refractivity contribution in [2.45, 2.75) is 27.2 Å². The topological polar surface area (TPSA) is 87.7 Å². The highest BCUT2D eigenvalue weighted by Gasteiger charge is 2.19. The van der Waals surface area contributed by atoms with Crippen LogP contribution < -0.4 is 4.74 Å². The number of fused-ring (bicyclic) bond motifs is 3. The second-order valence-corrected chi connectivity index (χ2v) is 7.80. The fraction of sp³-hybridized carbons (Fsp3) is 0.208. The Bertz CT molecular complexity index is 1500. The minimum atomic E-state index is -0.343. The number of rotatable bonds is 4. The standard InChI is InChI=1S/C24H22N6O2/c1-14-19(13-17-9-5-8-12-21(17)32-16(3)31)15(2)30(28-14)24-25-23-22(26-27-24)18-10-6-7-11-20(18)29(23)4/h5-12H,13H2,1-4H3. The van der Waals surface area contributed by atoms with Crippen LogP contribution in [-0.2, 0) is 18.3 Å². The molecule has 0 N–H and O–H groups in total. The van der Waals surface area contributed by atoms with Gasteiger partial charge in [-0.2, -0.15) is 10.1 Å². The zero-order valence-corrected chi connectivity index (χ0v) is 18.3. The second-order valence-electron chi connectivity index (χ2n) is 7.80. The van der Waals surface area contributed by atoms with Gasteiger partial charge in [-0.15, -0.1) is 10.2 Å². The molecule has 8 heteroatoms. The quantitative estimate of drug-likeness (QED) is 0.321. The number of aromatic nitrogens is 6. The summed E-state index contributed by atoms with van der Waals surface area (Å²) in [5.41, 5.74) is 6.30. The number of nitrogens with zero attached hydrogens (tertiary/aromatic N) is 6. The molecular formula is C24H22N6O2. The number of ether oxygens (including phenoxy) is 1. The summed E-state index contributed by atoms with van der Waals surface area (Å²) in [6, 6.07) is 15.6. The third-order valence-corrected chi connectivity index (χ3v) is 5.72. The minimum absolute atomic E-state index is 0.343. The molecule has 0 spiro atoms. The predicted molar refractivity (Wildman–Crippen MR) is 121 cm³/mol. The van der Waals surface area contributed by atoms with Crippen LogP contribution in [0.1, 0.15) is 29.4 Å². The Labute approximate surface area is 184 Å². The van der Waals surface area contributed by atoms with E-state index in [0.29, 0.717) is 18.1 Å². The van der Waals surface area contributed by atoms with Gasteiger partial charge < -0.3 is 9.30 Å². The molecule has 160 valence electrons. The second kappa shape index (κ2) is 7.56. The molecule has 0 saturated carbocycles. The number of carbonyl (C=O) groups is 1. The summed E-state index contributed by atoms with van der Waals surface area (Å²) in [6.45, 7) is 5.34. The minimum Gasteiger partial charge on any atom is -0.426 e. The number of benzene rings is 2. The molecule has 0 aliphatic heterocycles. The summed E-state index contributed by atoms with van der Waals surface area (Å²) in [5, 5.41) is 14.6. The molecule has 0 fully saturated rings. The molecule has 32 heavy (non-hydrogen) atoms. The molecule has 0 radical (unpaired) electrons. The lowest BCUT2D eigenvalue weighted by Gasteiger charge is -2.09. The Kier molecular flexibility index (Phi) is 4.70. The van der Waals surface area contributed by atoms with Crippen LogP contribution in [0.2, 0.25) is 0 Å². The van der Waals surface area contributed by atoms with Crippen LogP contribution in [0, 0.1) is 13.8 Å². The zero-order chi connectivity index (χ0) is 22.4. The van der Waals surface area contributed by atoms with Gasteiger partial charge in [-0.25, -0.2) is 4.68 Å². The van der Waals surface area contributed by atoms with Gasteiger partial charge in [0.2, 0.25) is 0 Å². The van der Waals surface area contributed by atoms with E-state index in [2.05, 4.69) is 10.2 Å². The van der Waals surface area contributed by atoms with Crippen LogP contribution in [0.5, 0.6) is 5.75 Å². The lowest BCUT2D eigenvalue weighted by Crippen LogP contribution is -2.08. The van der Waals surface area contributed by atoms with Gasteiger partial charge in [0.1, 0.15) is 11.3 Å². The van der Waals surface area contributed by atoms with E-state index >= 15 is 0 Å². The summed E-state index contributed by atoms with van der Waals surface area (Å²) >= 11 is 0. The Morgan fingerprint density at radius 3 is 2.59 bits per heavy atom. The summed E-state index contributed by atoms with van der Waals surface area (Å²) in [7, 11) is 1.97. The van der Waals surface area contributed by atoms with Gasteiger partial charge in [0.25, 0.3) is 5.95 Å². The van der Waals surface area contributed by atoms with Crippen molar-refractivity contribution >= 4 is 28.0 Å². The van der Waals surface area contributed by atoms with Crippen LogP contribution >= 0.6 is 0 Å². The van der Waals surface area contributed by atoms with Crippen LogP contribution in [0.4, 0.5) is 0 Å². The highest BCUT2D eigenvalue weighted by molar-refractivity contribution is 6.03. The van der Waals surface area contributed by atoms with Gasteiger partial charge in [-0.05, 0) is 31.5 Å². The molecule has 0 aliphatic carbocycles. The number of para-hydroxylation sites is 2. The van der Waals surface area contributed by atoms with Crippen LogP contribution in [0.25, 0.3) is 28.0 Å². The normalized spacial score (nSPS) is 11.4. The summed E-state index contributed by atoms with van der Waals surface area (Å²) in [6.07, 6.45) is 0.574. The Balaban J connectivity index is 1.58. The molecule has 3 heterocycles. The summed E-state index contributed by atoms with van der Waals surface area (Å²) < 4.78 is 9.12. The Morgan fingerprint density at radius 1 is 1.03 bits per heavy atom. The predicted octanol–water partition coefficient (Wildman–Crippen LogP) is 3.84. The molecule has 0 bridgehead atoms. The third-order valence-electron chi connectivity index (χ3n) is 5.72. The van der Waals surface area contributed by atoms with E-state index in [1.165, 1.54) is 6.92 Å². The third kappa shape index (κ3) is 3.20. The van der Waals surface area contributed by atoms with Crippen LogP contribution in [-0.4, -0.2) is 35.5 Å². The lowest BCUT2D eigenvalue weighted by atomic mass is 10.0. The number of carbonyl (C=O) groups excluding carboxylic acids is 1. The maximum atomic E-state index is 11.5. The molecule has 0 aliphatic rings. The van der Waals surface area contributed by atoms with Gasteiger partial charge in [0.15, 0.2) is 5.65 Å². The maximum absolute atomic E-state index is 11.5. The molecule has 0 amide bonds. The largest absolute Gasteiger partial charge is 0.426 e. The average Bonchev–Trinajstić information content (AvgIpc) is 3.23. The molecule has 0 saturated heterocycles. The fourth-order valence-electron chi connectivity index (χ4n) is 4.11. The zero-order valence-electron chi connectivity index (χ0n) is 18.3. The van der Waals surface area contributed by atoms with Crippen molar-refractivity contribution in [2.24, 2.45) is 7.05 Å². The number of hydrogen-bond acceptors (Lipinski definition) is 6. The lowest BCUT2D eigenvalue weighted by molar-refractivity contribution is -0.131. The van der Waals surface area contributed by atoms with Crippen molar-refractivity contribution < 1.29 is 9.53 Å². The van der Waals surface area contributed by atoms with E-state index in [0.717, 1.165) is 44.6 Å². The van der Waals surface area contributed by atoms with Crippen LogP contribution in [0.15, 0.2) is 48.5 Å². The first kappa shape index (κ1) is 19.9. The first-order valence-corrected chi connectivity index (χ1v) is 10.3. The fourth-order valence-corrected chi connectivity index (χ4v) is 4.11. The highest BCUT2D eigenvalue weighted by atomic mass is 16.5. The van der Waals surface area contributed by atoms with Gasteiger partial charge >= 0.3 is 5.97 Å². The first-order valence-electron chi connectivity index (χ1n) is 10.3. The van der Waals surface area contributed by atoms with Crippen molar-refractivity contribution in [1.82, 2.24) is 29.5 Å². The van der Waals surface area contributed by atoms with Gasteiger partial charge in [0, 0.05) is 37.0 Å². The molecule has 0 unspecified atom stereocenters. The smallest absolute Gasteiger partial charge is 0.308 e. The van der Waals surface area contributed by atoms with Gasteiger partial charge in [0.05, 0.1) is 11.2 Å². The van der Waals surface area contributed by atoms with E-state index in [-0.39, 0.29) is 5.97 Å². The molecule has 2 aromatic carbocycles. The number of aryl methyl sites for hydroxylation is 2. The van der Waals surface area contributed by atoms with E-state index in [9.17, 15) is 4.79 Å². The van der Waals surface area contributed by atoms with E-state index in [4.69, 9.17) is 14.8 Å². The molecule has 5 rings (SSSR count). The van der Waals surface area contributed by atoms with E-state index in [1.807, 2.05) is 67.9 Å². The van der Waals surface area contributed by atoms with Crippen molar-refractivity contribution in [1.29, 1.82) is 0 Å². The Morgan fingerprint density at radius 2 is 1.78 bits per heavy atom. The van der Waals surface area contributed by atoms with Crippen molar-refractivity contribution in [2.75, 3.05) is 0 Å². The SMILES string of the molecule is CC(=O)Oc1ccccc1Cc1c(C)nn(-c2nnc3c4ccccc4n(C)c3n2)c1C. The number of esters is 1. The Hall–Kier alpha value is -4.07. The number of hydrogen-bond donors (Lipinski definition) is 0. The molecule has 0 atom stereocenters. The molecule has 8 nitrogen and oxygen atoms in total. The molecule has 5 aromatic rings. The van der Waals surface area contributed by atoms with Crippen molar-refractivity contribution in [3.05, 3.63) is 71.0 Å². The average molecular weight is 426 g/mol. The van der Waals surface area contributed by atoms with Crippen LogP contribution in [0.3, 0.4) is 0 Å². The molecule has 3 aromatic heterocycles. The van der Waals surface area contributed by atoms with E-state index in [1.54, 1.807) is 10.7 Å². The molecular weight excluding hydrogens is 404 g/mol. The summed E-state index contributed by atoms with van der Waals surface area (Å²) in [5.74, 6) is 0.634. The first-order chi connectivity index (χ1) is 15.4. The van der Waals surface area contributed by atoms with Gasteiger partial charge in [-0.1, -0.05) is 36.4 Å². The van der Waals surface area contributed by atoms with E-state index < -0.39 is 0 Å². The van der Waals surface area contributed by atoms with Gasteiger partial charge in [-0.3, -0.25) is 4.79 Å². The maximum Gasteiger partial charge on any atom is 0.308 e. The highest BCUT2D eigenvalue weighted by Crippen LogP contribution is 2.27. The van der Waals surface area contributed by atoms with Crippen molar-refractivity contribution in [3.8, 4) is 11.7 Å².